The molecule has 5 heteroatoms. The first-order valence-electron chi connectivity index (χ1n) is 5.45. The molecule has 0 atom stereocenters. The van der Waals surface area contributed by atoms with Gasteiger partial charge in [0.2, 0.25) is 0 Å². The van der Waals surface area contributed by atoms with E-state index in [2.05, 4.69) is 0 Å². The first kappa shape index (κ1) is 14.3. The van der Waals surface area contributed by atoms with Gasteiger partial charge in [-0.3, -0.25) is 0 Å². The van der Waals surface area contributed by atoms with Crippen molar-refractivity contribution in [2.45, 2.75) is 32.6 Å². The van der Waals surface area contributed by atoms with Gasteiger partial charge in [0.05, 0.1) is 5.56 Å². The van der Waals surface area contributed by atoms with Gasteiger partial charge in [0.25, 0.3) is 5.92 Å². The SMILES string of the molecule is CC(=O)CCc1ccc(C(C)(F)F)c(C(=O)O)c1. The van der Waals surface area contributed by atoms with E-state index in [0.717, 1.165) is 6.07 Å². The molecule has 1 aromatic rings. The smallest absolute Gasteiger partial charge is 0.336 e. The molecule has 0 saturated heterocycles. The Hall–Kier alpha value is -1.78. The van der Waals surface area contributed by atoms with Crippen molar-refractivity contribution in [3.05, 3.63) is 34.9 Å². The molecule has 18 heavy (non-hydrogen) atoms. The molecule has 0 unspecified atom stereocenters. The lowest BCUT2D eigenvalue weighted by Gasteiger charge is -2.14. The number of carbonyl (C=O) groups excluding carboxylic acids is 1. The van der Waals surface area contributed by atoms with E-state index < -0.39 is 23.0 Å². The number of carbonyl (C=O) groups is 2. The second-order valence-corrected chi connectivity index (χ2v) is 4.28. The zero-order chi connectivity index (χ0) is 13.9. The van der Waals surface area contributed by atoms with Crippen LogP contribution in [0.5, 0.6) is 0 Å². The first-order chi connectivity index (χ1) is 8.21. The molecule has 1 rings (SSSR count). The maximum absolute atomic E-state index is 13.2. The molecule has 3 nitrogen and oxygen atoms in total. The largest absolute Gasteiger partial charge is 0.478 e. The molecule has 1 aromatic carbocycles. The summed E-state index contributed by atoms with van der Waals surface area (Å²) in [5, 5.41) is 8.93. The minimum absolute atomic E-state index is 0.0308. The van der Waals surface area contributed by atoms with Crippen LogP contribution in [0, 0.1) is 0 Å². The number of ketones is 1. The van der Waals surface area contributed by atoms with Gasteiger partial charge in [0.1, 0.15) is 5.78 Å². The zero-order valence-corrected chi connectivity index (χ0v) is 10.2. The van der Waals surface area contributed by atoms with Gasteiger partial charge < -0.3 is 9.90 Å². The summed E-state index contributed by atoms with van der Waals surface area (Å²) in [6.07, 6.45) is 0.617. The lowest BCUT2D eigenvalue weighted by atomic mass is 9.97. The number of halogens is 2. The topological polar surface area (TPSA) is 54.4 Å². The molecule has 0 aliphatic rings. The normalized spacial score (nSPS) is 11.3. The molecule has 0 heterocycles. The van der Waals surface area contributed by atoms with Crippen LogP contribution in [0.1, 0.15) is 41.8 Å². The average Bonchev–Trinajstić information content (AvgIpc) is 2.24. The highest BCUT2D eigenvalue weighted by atomic mass is 19.3. The molecule has 0 fully saturated rings. The van der Waals surface area contributed by atoms with E-state index in [1.165, 1.54) is 19.1 Å². The van der Waals surface area contributed by atoms with E-state index in [0.29, 0.717) is 18.9 Å². The minimum atomic E-state index is -3.20. The van der Waals surface area contributed by atoms with Crippen molar-refractivity contribution < 1.29 is 23.5 Å². The Bertz CT molecular complexity index is 476. The summed E-state index contributed by atoms with van der Waals surface area (Å²) in [5.41, 5.74) is -0.360. The number of hydrogen-bond acceptors (Lipinski definition) is 2. The van der Waals surface area contributed by atoms with Gasteiger partial charge in [-0.15, -0.1) is 0 Å². The Labute approximate surface area is 103 Å². The molecule has 0 aliphatic heterocycles. The van der Waals surface area contributed by atoms with Gasteiger partial charge >= 0.3 is 5.97 Å². The van der Waals surface area contributed by atoms with Gasteiger partial charge in [-0.05, 0) is 25.0 Å². The van der Waals surface area contributed by atoms with Crippen LogP contribution in [0.25, 0.3) is 0 Å². The number of alkyl halides is 2. The molecule has 0 bridgehead atoms. The van der Waals surface area contributed by atoms with Crippen LogP contribution in [-0.4, -0.2) is 16.9 Å². The van der Waals surface area contributed by atoms with Gasteiger partial charge in [0, 0.05) is 18.9 Å². The van der Waals surface area contributed by atoms with Crippen molar-refractivity contribution in [2.75, 3.05) is 0 Å². The van der Waals surface area contributed by atoms with E-state index in [1.807, 2.05) is 0 Å². The Morgan fingerprint density at radius 3 is 2.39 bits per heavy atom. The van der Waals surface area contributed by atoms with Crippen LogP contribution in [0.15, 0.2) is 18.2 Å². The van der Waals surface area contributed by atoms with Crippen molar-refractivity contribution in [1.29, 1.82) is 0 Å². The molecule has 0 aromatic heterocycles. The third-order valence-corrected chi connectivity index (χ3v) is 2.55. The van der Waals surface area contributed by atoms with Crippen molar-refractivity contribution >= 4 is 11.8 Å². The van der Waals surface area contributed by atoms with Crippen LogP contribution in [-0.2, 0) is 17.1 Å². The second-order valence-electron chi connectivity index (χ2n) is 4.28. The predicted octanol–water partition coefficient (Wildman–Crippen LogP) is 3.02. The number of benzene rings is 1. The number of carboxylic acid groups (broad SMARTS) is 1. The highest BCUT2D eigenvalue weighted by Gasteiger charge is 2.29. The Kier molecular flexibility index (Phi) is 4.16. The van der Waals surface area contributed by atoms with Crippen molar-refractivity contribution in [3.63, 3.8) is 0 Å². The standard InChI is InChI=1S/C13H14F2O3/c1-8(16)3-4-9-5-6-11(13(2,14)15)10(7-9)12(17)18/h5-7H,3-4H2,1-2H3,(H,17,18). The van der Waals surface area contributed by atoms with E-state index in [9.17, 15) is 18.4 Å². The molecular formula is C13H14F2O3. The molecule has 0 aliphatic carbocycles. The monoisotopic (exact) mass is 256 g/mol. The van der Waals surface area contributed by atoms with Crippen LogP contribution < -0.4 is 0 Å². The lowest BCUT2D eigenvalue weighted by Crippen LogP contribution is -2.14. The number of aromatic carboxylic acids is 1. The maximum Gasteiger partial charge on any atom is 0.336 e. The Morgan fingerprint density at radius 1 is 1.33 bits per heavy atom. The van der Waals surface area contributed by atoms with E-state index in [1.54, 1.807) is 0 Å². The van der Waals surface area contributed by atoms with Gasteiger partial charge in [-0.2, -0.15) is 0 Å². The molecule has 98 valence electrons. The van der Waals surface area contributed by atoms with Crippen molar-refractivity contribution in [1.82, 2.24) is 0 Å². The van der Waals surface area contributed by atoms with Crippen LogP contribution in [0.3, 0.4) is 0 Å². The van der Waals surface area contributed by atoms with Crippen molar-refractivity contribution in [2.24, 2.45) is 0 Å². The Morgan fingerprint density at radius 2 is 1.94 bits per heavy atom. The summed E-state index contributed by atoms with van der Waals surface area (Å²) in [5.74, 6) is -4.62. The quantitative estimate of drug-likeness (QED) is 0.881. The van der Waals surface area contributed by atoms with Crippen LogP contribution in [0.4, 0.5) is 8.78 Å². The Balaban J connectivity index is 3.12. The van der Waals surface area contributed by atoms with Crippen LogP contribution >= 0.6 is 0 Å². The average molecular weight is 256 g/mol. The number of carboxylic acids is 1. The summed E-state index contributed by atoms with van der Waals surface area (Å²) < 4.78 is 26.4. The number of rotatable bonds is 5. The maximum atomic E-state index is 13.2. The number of Topliss-reactive ketones (excluding diaryl/α,β-unsaturated/α-hetero) is 1. The van der Waals surface area contributed by atoms with Crippen LogP contribution in [0.2, 0.25) is 0 Å². The minimum Gasteiger partial charge on any atom is -0.478 e. The summed E-state index contributed by atoms with van der Waals surface area (Å²) in [6.45, 7) is 2.08. The van der Waals surface area contributed by atoms with E-state index >= 15 is 0 Å². The van der Waals surface area contributed by atoms with E-state index in [4.69, 9.17) is 5.11 Å². The highest BCUT2D eigenvalue weighted by Crippen LogP contribution is 2.30. The summed E-state index contributed by atoms with van der Waals surface area (Å²) in [6, 6.07) is 3.75. The van der Waals surface area contributed by atoms with Crippen molar-refractivity contribution in [3.8, 4) is 0 Å². The summed E-state index contributed by atoms with van der Waals surface area (Å²) >= 11 is 0. The predicted molar refractivity (Wildman–Crippen MR) is 62.0 cm³/mol. The number of aryl methyl sites for hydroxylation is 1. The molecule has 0 radical (unpaired) electrons. The fourth-order valence-corrected chi connectivity index (χ4v) is 1.63. The fourth-order valence-electron chi connectivity index (χ4n) is 1.63. The third-order valence-electron chi connectivity index (χ3n) is 2.55. The van der Waals surface area contributed by atoms with Gasteiger partial charge in [-0.1, -0.05) is 12.1 Å². The molecule has 0 saturated carbocycles. The van der Waals surface area contributed by atoms with E-state index in [-0.39, 0.29) is 12.2 Å². The third kappa shape index (κ3) is 3.61. The lowest BCUT2D eigenvalue weighted by molar-refractivity contribution is -0.116. The summed E-state index contributed by atoms with van der Waals surface area (Å²) in [4.78, 5) is 21.8. The molecule has 1 N–H and O–H groups in total. The fraction of sp³-hybridized carbons (Fsp3) is 0.385. The van der Waals surface area contributed by atoms with Gasteiger partial charge in [0.15, 0.2) is 0 Å². The number of hydrogen-bond donors (Lipinski definition) is 1. The molecule has 0 spiro atoms. The zero-order valence-electron chi connectivity index (χ0n) is 10.2. The molecular weight excluding hydrogens is 242 g/mol. The first-order valence-corrected chi connectivity index (χ1v) is 5.45. The molecule has 0 amide bonds. The second kappa shape index (κ2) is 5.25. The van der Waals surface area contributed by atoms with Gasteiger partial charge in [-0.25, -0.2) is 13.6 Å². The highest BCUT2D eigenvalue weighted by molar-refractivity contribution is 5.90. The summed E-state index contributed by atoms with van der Waals surface area (Å²) in [7, 11) is 0.